The number of rotatable bonds is 0. The van der Waals surface area contributed by atoms with E-state index in [0.29, 0.717) is 0 Å². The molecule has 0 saturated heterocycles. The summed E-state index contributed by atoms with van der Waals surface area (Å²) in [6.45, 7) is 7.01. The Labute approximate surface area is 70.7 Å². The van der Waals surface area contributed by atoms with Gasteiger partial charge < -0.3 is 0 Å². The van der Waals surface area contributed by atoms with E-state index in [0.717, 1.165) is 11.8 Å². The normalized spacial score (nSPS) is 33.9. The second kappa shape index (κ2) is 3.94. The summed E-state index contributed by atoms with van der Waals surface area (Å²) in [6.07, 6.45) is 7.94. The maximum Gasteiger partial charge on any atom is -0.0234 e. The van der Waals surface area contributed by atoms with Crippen molar-refractivity contribution in [2.24, 2.45) is 11.8 Å². The summed E-state index contributed by atoms with van der Waals surface area (Å²) in [6, 6.07) is 0. The van der Waals surface area contributed by atoms with Crippen molar-refractivity contribution >= 4 is 0 Å². The molecule has 0 fully saturated rings. The molecule has 0 aromatic rings. The van der Waals surface area contributed by atoms with E-state index in [1.54, 1.807) is 5.57 Å². The van der Waals surface area contributed by atoms with Crippen LogP contribution in [0.15, 0.2) is 11.6 Å². The Morgan fingerprint density at radius 3 is 2.64 bits per heavy atom. The van der Waals surface area contributed by atoms with Crippen molar-refractivity contribution in [1.29, 1.82) is 0 Å². The third-order valence-corrected chi connectivity index (χ3v) is 3.00. The van der Waals surface area contributed by atoms with Gasteiger partial charge in [0.15, 0.2) is 0 Å². The third-order valence-electron chi connectivity index (χ3n) is 3.00. The molecular formula is C11H20. The highest BCUT2D eigenvalue weighted by atomic mass is 14.2. The van der Waals surface area contributed by atoms with Crippen molar-refractivity contribution in [3.63, 3.8) is 0 Å². The topological polar surface area (TPSA) is 0 Å². The Bertz CT molecular complexity index is 144. The van der Waals surface area contributed by atoms with E-state index in [1.165, 1.54) is 25.7 Å². The van der Waals surface area contributed by atoms with E-state index in [9.17, 15) is 0 Å². The zero-order valence-electron chi connectivity index (χ0n) is 8.06. The summed E-state index contributed by atoms with van der Waals surface area (Å²) in [5.74, 6) is 1.78. The van der Waals surface area contributed by atoms with Crippen LogP contribution in [0.5, 0.6) is 0 Å². The Balaban J connectivity index is 2.52. The summed E-state index contributed by atoms with van der Waals surface area (Å²) in [7, 11) is 0. The molecule has 2 unspecified atom stereocenters. The minimum Gasteiger partial charge on any atom is -0.0853 e. The van der Waals surface area contributed by atoms with Gasteiger partial charge in [-0.2, -0.15) is 0 Å². The monoisotopic (exact) mass is 152 g/mol. The molecule has 0 heterocycles. The molecule has 0 spiro atoms. The van der Waals surface area contributed by atoms with Gasteiger partial charge in [0.2, 0.25) is 0 Å². The van der Waals surface area contributed by atoms with Gasteiger partial charge in [0.05, 0.1) is 0 Å². The van der Waals surface area contributed by atoms with Gasteiger partial charge in [0.1, 0.15) is 0 Å². The minimum absolute atomic E-state index is 0.831. The van der Waals surface area contributed by atoms with Crippen molar-refractivity contribution in [3.8, 4) is 0 Å². The second-order valence-electron chi connectivity index (χ2n) is 4.11. The number of allylic oxidation sites excluding steroid dienone is 2. The van der Waals surface area contributed by atoms with E-state index < -0.39 is 0 Å². The predicted molar refractivity (Wildman–Crippen MR) is 50.6 cm³/mol. The molecule has 1 aliphatic carbocycles. The summed E-state index contributed by atoms with van der Waals surface area (Å²) in [5.41, 5.74) is 1.61. The fourth-order valence-electron chi connectivity index (χ4n) is 1.70. The molecule has 2 atom stereocenters. The van der Waals surface area contributed by atoms with Crippen molar-refractivity contribution in [1.82, 2.24) is 0 Å². The predicted octanol–water partition coefficient (Wildman–Crippen LogP) is 3.78. The molecule has 0 bridgehead atoms. The van der Waals surface area contributed by atoms with Gasteiger partial charge in [-0.05, 0) is 38.0 Å². The first-order chi connectivity index (χ1) is 5.20. The van der Waals surface area contributed by atoms with E-state index >= 15 is 0 Å². The summed E-state index contributed by atoms with van der Waals surface area (Å²) >= 11 is 0. The van der Waals surface area contributed by atoms with Crippen LogP contribution in [0, 0.1) is 11.8 Å². The van der Waals surface area contributed by atoms with Crippen LogP contribution in [0.4, 0.5) is 0 Å². The van der Waals surface area contributed by atoms with Gasteiger partial charge in [-0.1, -0.05) is 31.9 Å². The Morgan fingerprint density at radius 1 is 1.18 bits per heavy atom. The molecule has 1 aliphatic rings. The summed E-state index contributed by atoms with van der Waals surface area (Å²) in [5, 5.41) is 0. The Morgan fingerprint density at radius 2 is 1.91 bits per heavy atom. The lowest BCUT2D eigenvalue weighted by molar-refractivity contribution is 0.426. The summed E-state index contributed by atoms with van der Waals surface area (Å²) < 4.78 is 0. The van der Waals surface area contributed by atoms with E-state index in [1.807, 2.05) is 0 Å². The molecule has 0 saturated carbocycles. The molecule has 0 radical (unpaired) electrons. The zero-order valence-corrected chi connectivity index (χ0v) is 8.06. The number of hydrogen-bond acceptors (Lipinski definition) is 0. The largest absolute Gasteiger partial charge is 0.0853 e. The van der Waals surface area contributed by atoms with Gasteiger partial charge in [0.25, 0.3) is 0 Å². The van der Waals surface area contributed by atoms with E-state index in [2.05, 4.69) is 26.8 Å². The Kier molecular flexibility index (Phi) is 3.16. The van der Waals surface area contributed by atoms with Crippen LogP contribution in [0.2, 0.25) is 0 Å². The average Bonchev–Trinajstić information content (AvgIpc) is 1.98. The van der Waals surface area contributed by atoms with Crippen LogP contribution >= 0.6 is 0 Å². The van der Waals surface area contributed by atoms with Crippen LogP contribution in [-0.4, -0.2) is 0 Å². The van der Waals surface area contributed by atoms with Crippen LogP contribution in [-0.2, 0) is 0 Å². The fraction of sp³-hybridized carbons (Fsp3) is 0.818. The minimum atomic E-state index is 0.831. The fourth-order valence-corrected chi connectivity index (χ4v) is 1.70. The molecule has 0 aromatic heterocycles. The van der Waals surface area contributed by atoms with Gasteiger partial charge in [-0.3, -0.25) is 0 Å². The SMILES string of the molecule is CC1=CCCC(C)CCC1C. The van der Waals surface area contributed by atoms with Crippen molar-refractivity contribution in [2.45, 2.75) is 46.5 Å². The van der Waals surface area contributed by atoms with Crippen molar-refractivity contribution < 1.29 is 0 Å². The molecule has 0 amide bonds. The third kappa shape index (κ3) is 2.69. The molecule has 11 heavy (non-hydrogen) atoms. The molecule has 0 heteroatoms. The lowest BCUT2D eigenvalue weighted by Crippen LogP contribution is -2.04. The smallest absolute Gasteiger partial charge is 0.0234 e. The van der Waals surface area contributed by atoms with E-state index in [4.69, 9.17) is 0 Å². The molecule has 0 nitrogen and oxygen atoms in total. The van der Waals surface area contributed by atoms with Gasteiger partial charge in [-0.25, -0.2) is 0 Å². The maximum atomic E-state index is 2.43. The quantitative estimate of drug-likeness (QED) is 0.463. The molecular weight excluding hydrogens is 132 g/mol. The van der Waals surface area contributed by atoms with Gasteiger partial charge in [0, 0.05) is 0 Å². The molecule has 0 N–H and O–H groups in total. The van der Waals surface area contributed by atoms with E-state index in [-0.39, 0.29) is 0 Å². The standard InChI is InChI=1S/C11H20/c1-9-5-4-6-10(2)11(3)8-7-9/h6,9,11H,4-5,7-8H2,1-3H3. The highest BCUT2D eigenvalue weighted by Crippen LogP contribution is 2.25. The molecule has 1 rings (SSSR count). The Hall–Kier alpha value is -0.260. The van der Waals surface area contributed by atoms with Crippen LogP contribution in [0.3, 0.4) is 0 Å². The van der Waals surface area contributed by atoms with Gasteiger partial charge in [-0.15, -0.1) is 0 Å². The first-order valence-corrected chi connectivity index (χ1v) is 4.87. The van der Waals surface area contributed by atoms with Crippen LogP contribution in [0.1, 0.15) is 46.5 Å². The second-order valence-corrected chi connectivity index (χ2v) is 4.11. The maximum absolute atomic E-state index is 2.43. The highest BCUT2D eigenvalue weighted by Gasteiger charge is 2.10. The van der Waals surface area contributed by atoms with Gasteiger partial charge >= 0.3 is 0 Å². The zero-order chi connectivity index (χ0) is 8.27. The lowest BCUT2D eigenvalue weighted by atomic mass is 9.87. The number of hydrogen-bond donors (Lipinski definition) is 0. The average molecular weight is 152 g/mol. The lowest BCUT2D eigenvalue weighted by Gasteiger charge is -2.19. The molecule has 0 aromatic carbocycles. The summed E-state index contributed by atoms with van der Waals surface area (Å²) in [4.78, 5) is 0. The van der Waals surface area contributed by atoms with Crippen LogP contribution < -0.4 is 0 Å². The molecule has 64 valence electrons. The van der Waals surface area contributed by atoms with Crippen molar-refractivity contribution in [3.05, 3.63) is 11.6 Å². The highest BCUT2D eigenvalue weighted by molar-refractivity contribution is 5.03. The first kappa shape index (κ1) is 8.83. The first-order valence-electron chi connectivity index (χ1n) is 4.87. The van der Waals surface area contributed by atoms with Crippen LogP contribution in [0.25, 0.3) is 0 Å². The van der Waals surface area contributed by atoms with Crippen molar-refractivity contribution in [2.75, 3.05) is 0 Å². The molecule has 0 aliphatic heterocycles.